The highest BCUT2D eigenvalue weighted by Crippen LogP contribution is 2.30. The van der Waals surface area contributed by atoms with Crippen LogP contribution < -0.4 is 0 Å². The highest BCUT2D eigenvalue weighted by atomic mass is 79.9. The molecular formula is C12H10BrNO3. The second-order valence-corrected chi connectivity index (χ2v) is 4.12. The largest absolute Gasteiger partial charge is 0.462 e. The predicted molar refractivity (Wildman–Crippen MR) is 65.6 cm³/mol. The van der Waals surface area contributed by atoms with Crippen molar-refractivity contribution >= 4 is 21.9 Å². The summed E-state index contributed by atoms with van der Waals surface area (Å²) in [6.07, 6.45) is 1.37. The van der Waals surface area contributed by atoms with Crippen LogP contribution >= 0.6 is 15.9 Å². The lowest BCUT2D eigenvalue weighted by Gasteiger charge is -2.03. The van der Waals surface area contributed by atoms with Gasteiger partial charge in [0.2, 0.25) is 0 Å². The van der Waals surface area contributed by atoms with Gasteiger partial charge in [0.15, 0.2) is 5.76 Å². The van der Waals surface area contributed by atoms with Gasteiger partial charge >= 0.3 is 5.97 Å². The van der Waals surface area contributed by atoms with E-state index in [-0.39, 0.29) is 0 Å². The number of esters is 1. The number of carbonyl (C=O) groups is 1. The maximum Gasteiger partial charge on any atom is 0.343 e. The van der Waals surface area contributed by atoms with E-state index in [4.69, 9.17) is 9.26 Å². The third-order valence-corrected chi connectivity index (χ3v) is 2.88. The first-order chi connectivity index (χ1) is 8.24. The Morgan fingerprint density at radius 3 is 2.94 bits per heavy atom. The van der Waals surface area contributed by atoms with Crippen molar-refractivity contribution in [1.82, 2.24) is 5.16 Å². The fraction of sp³-hybridized carbons (Fsp3) is 0.167. The van der Waals surface area contributed by atoms with Crippen LogP contribution in [-0.2, 0) is 4.74 Å². The molecule has 0 radical (unpaired) electrons. The number of benzene rings is 1. The van der Waals surface area contributed by atoms with Crippen LogP contribution in [0.4, 0.5) is 0 Å². The van der Waals surface area contributed by atoms with Crippen LogP contribution in [0.25, 0.3) is 11.3 Å². The van der Waals surface area contributed by atoms with Crippen molar-refractivity contribution in [3.05, 3.63) is 40.5 Å². The summed E-state index contributed by atoms with van der Waals surface area (Å²) < 4.78 is 10.9. The summed E-state index contributed by atoms with van der Waals surface area (Å²) in [7, 11) is 0. The molecule has 1 aromatic carbocycles. The number of hydrogen-bond donors (Lipinski definition) is 0. The molecule has 0 saturated heterocycles. The number of ether oxygens (including phenoxy) is 1. The third kappa shape index (κ3) is 2.39. The van der Waals surface area contributed by atoms with Crippen LogP contribution in [-0.4, -0.2) is 17.7 Å². The van der Waals surface area contributed by atoms with Crippen LogP contribution in [0.5, 0.6) is 0 Å². The fourth-order valence-corrected chi connectivity index (χ4v) is 1.90. The number of halogens is 1. The molecule has 0 aliphatic heterocycles. The van der Waals surface area contributed by atoms with E-state index in [2.05, 4.69) is 21.1 Å². The van der Waals surface area contributed by atoms with Crippen molar-refractivity contribution in [1.29, 1.82) is 0 Å². The van der Waals surface area contributed by atoms with E-state index >= 15 is 0 Å². The molecule has 2 aromatic rings. The molecular weight excluding hydrogens is 286 g/mol. The van der Waals surface area contributed by atoms with E-state index in [1.165, 1.54) is 6.20 Å². The molecule has 0 N–H and O–H groups in total. The Balaban J connectivity index is 2.44. The van der Waals surface area contributed by atoms with Crippen molar-refractivity contribution < 1.29 is 14.1 Å². The molecule has 17 heavy (non-hydrogen) atoms. The van der Waals surface area contributed by atoms with Crippen LogP contribution in [0.3, 0.4) is 0 Å². The van der Waals surface area contributed by atoms with Gasteiger partial charge in [-0.05, 0) is 19.1 Å². The molecule has 2 rings (SSSR count). The lowest BCUT2D eigenvalue weighted by atomic mass is 10.1. The summed E-state index contributed by atoms with van der Waals surface area (Å²) in [5, 5.41) is 3.65. The molecule has 5 heteroatoms. The van der Waals surface area contributed by atoms with Gasteiger partial charge in [0.1, 0.15) is 5.56 Å². The Hall–Kier alpha value is -1.62. The predicted octanol–water partition coefficient (Wildman–Crippen LogP) is 3.28. The molecule has 0 bridgehead atoms. The van der Waals surface area contributed by atoms with Gasteiger partial charge in [-0.25, -0.2) is 4.79 Å². The molecule has 0 fully saturated rings. The molecule has 0 saturated carbocycles. The zero-order chi connectivity index (χ0) is 12.3. The lowest BCUT2D eigenvalue weighted by Crippen LogP contribution is -2.04. The van der Waals surface area contributed by atoms with Gasteiger partial charge < -0.3 is 9.26 Å². The molecule has 0 amide bonds. The molecule has 1 heterocycles. The monoisotopic (exact) mass is 295 g/mol. The molecule has 0 atom stereocenters. The van der Waals surface area contributed by atoms with Gasteiger partial charge in [-0.1, -0.05) is 33.2 Å². The van der Waals surface area contributed by atoms with Gasteiger partial charge in [-0.3, -0.25) is 0 Å². The summed E-state index contributed by atoms with van der Waals surface area (Å²) in [4.78, 5) is 11.7. The second-order valence-electron chi connectivity index (χ2n) is 3.27. The number of aromatic nitrogens is 1. The molecule has 0 unspecified atom stereocenters. The molecule has 0 aliphatic rings. The molecule has 1 aromatic heterocycles. The smallest absolute Gasteiger partial charge is 0.343 e. The summed E-state index contributed by atoms with van der Waals surface area (Å²) >= 11 is 3.40. The quantitative estimate of drug-likeness (QED) is 0.816. The Bertz CT molecular complexity index is 536. The lowest BCUT2D eigenvalue weighted by molar-refractivity contribution is 0.0527. The number of nitrogens with zero attached hydrogens (tertiary/aromatic N) is 1. The summed E-state index contributed by atoms with van der Waals surface area (Å²) in [6, 6.07) is 7.45. The fourth-order valence-electron chi connectivity index (χ4n) is 1.43. The van der Waals surface area contributed by atoms with Crippen molar-refractivity contribution in [2.75, 3.05) is 6.61 Å². The Morgan fingerprint density at radius 2 is 2.24 bits per heavy atom. The van der Waals surface area contributed by atoms with Crippen LogP contribution in [0.15, 0.2) is 39.5 Å². The Kier molecular flexibility index (Phi) is 3.58. The first-order valence-corrected chi connectivity index (χ1v) is 5.90. The van der Waals surface area contributed by atoms with Gasteiger partial charge in [0.05, 0.1) is 12.8 Å². The topological polar surface area (TPSA) is 52.3 Å². The van der Waals surface area contributed by atoms with Crippen LogP contribution in [0.1, 0.15) is 17.3 Å². The van der Waals surface area contributed by atoms with Crippen molar-refractivity contribution in [2.45, 2.75) is 6.92 Å². The first-order valence-electron chi connectivity index (χ1n) is 5.10. The van der Waals surface area contributed by atoms with Gasteiger partial charge in [-0.2, -0.15) is 0 Å². The van der Waals surface area contributed by atoms with E-state index in [1.807, 2.05) is 24.3 Å². The van der Waals surface area contributed by atoms with Crippen molar-refractivity contribution in [3.63, 3.8) is 0 Å². The van der Waals surface area contributed by atoms with E-state index in [9.17, 15) is 4.79 Å². The number of hydrogen-bond acceptors (Lipinski definition) is 4. The normalized spacial score (nSPS) is 10.2. The van der Waals surface area contributed by atoms with Gasteiger partial charge in [0.25, 0.3) is 0 Å². The minimum Gasteiger partial charge on any atom is -0.462 e. The first kappa shape index (κ1) is 11.9. The van der Waals surface area contributed by atoms with E-state index in [0.29, 0.717) is 17.9 Å². The third-order valence-electron chi connectivity index (χ3n) is 2.18. The van der Waals surface area contributed by atoms with Crippen molar-refractivity contribution in [2.24, 2.45) is 0 Å². The highest BCUT2D eigenvalue weighted by molar-refractivity contribution is 9.10. The highest BCUT2D eigenvalue weighted by Gasteiger charge is 2.20. The maximum atomic E-state index is 11.7. The Labute approximate surface area is 107 Å². The molecule has 4 nitrogen and oxygen atoms in total. The zero-order valence-electron chi connectivity index (χ0n) is 9.14. The van der Waals surface area contributed by atoms with E-state index in [1.54, 1.807) is 6.92 Å². The Morgan fingerprint density at radius 1 is 1.47 bits per heavy atom. The molecule has 0 spiro atoms. The summed E-state index contributed by atoms with van der Waals surface area (Å²) in [5.74, 6) is -0.0181. The minimum absolute atomic E-state index is 0.319. The average molecular weight is 296 g/mol. The van der Waals surface area contributed by atoms with Crippen LogP contribution in [0.2, 0.25) is 0 Å². The second kappa shape index (κ2) is 5.14. The summed E-state index contributed by atoms with van der Waals surface area (Å²) in [5.41, 5.74) is 1.10. The maximum absolute atomic E-state index is 11.7. The van der Waals surface area contributed by atoms with Gasteiger partial charge in [0, 0.05) is 10.0 Å². The number of carbonyl (C=O) groups excluding carboxylic acids is 1. The molecule has 88 valence electrons. The van der Waals surface area contributed by atoms with E-state index in [0.717, 1.165) is 10.0 Å². The number of rotatable bonds is 3. The van der Waals surface area contributed by atoms with Gasteiger partial charge in [-0.15, -0.1) is 0 Å². The SMILES string of the molecule is CCOC(=O)c1cnoc1-c1ccccc1Br. The summed E-state index contributed by atoms with van der Waals surface area (Å²) in [6.45, 7) is 2.07. The van der Waals surface area contributed by atoms with E-state index < -0.39 is 5.97 Å². The zero-order valence-corrected chi connectivity index (χ0v) is 10.7. The standard InChI is InChI=1S/C12H10BrNO3/c1-2-16-12(15)9-7-14-17-11(9)8-5-3-4-6-10(8)13/h3-7H,2H2,1H3. The minimum atomic E-state index is -0.431. The molecule has 0 aliphatic carbocycles. The average Bonchev–Trinajstić information content (AvgIpc) is 2.79. The van der Waals surface area contributed by atoms with Crippen LogP contribution in [0, 0.1) is 0 Å². The van der Waals surface area contributed by atoms with Crippen molar-refractivity contribution in [3.8, 4) is 11.3 Å².